The second-order valence-corrected chi connectivity index (χ2v) is 6.76. The first kappa shape index (κ1) is 18.7. The molecule has 1 N–H and O–H groups in total. The van der Waals surface area contributed by atoms with Gasteiger partial charge in [0, 0.05) is 6.54 Å². The maximum Gasteiger partial charge on any atom is 0.407 e. The van der Waals surface area contributed by atoms with E-state index in [1.165, 1.54) is 6.92 Å². The van der Waals surface area contributed by atoms with Crippen LogP contribution in [-0.2, 0) is 24.3 Å². The van der Waals surface area contributed by atoms with Gasteiger partial charge in [-0.25, -0.2) is 8.42 Å². The number of sulfonamides is 1. The average Bonchev–Trinajstić information content (AvgIpc) is 2.84. The Morgan fingerprint density at radius 3 is 2.45 bits per heavy atom. The number of halogens is 3. The van der Waals surface area contributed by atoms with E-state index in [0.29, 0.717) is 4.31 Å². The maximum atomic E-state index is 13.0. The van der Waals surface area contributed by atoms with Gasteiger partial charge in [0.1, 0.15) is 6.04 Å². The molecule has 7 nitrogen and oxygen atoms in total. The number of carbonyl (C=O) groups excluding carboxylic acids is 1. The minimum atomic E-state index is -5.21. The molecular weight excluding hydrogens is 331 g/mol. The van der Waals surface area contributed by atoms with Crippen molar-refractivity contribution in [3.63, 3.8) is 0 Å². The lowest BCUT2D eigenvalue weighted by molar-refractivity contribution is -0.155. The highest BCUT2D eigenvalue weighted by Crippen LogP contribution is 2.34. The normalized spacial score (nSPS) is 21.5. The third-order valence-electron chi connectivity index (χ3n) is 3.20. The average molecular weight is 347 g/mol. The lowest BCUT2D eigenvalue weighted by atomic mass is 10.2. The standard InChI is InChI=1S/C11H16F3NO6S/c1-2-21-9(16)6-8(11(12,13)14)22(19,20)15-5-3-4-7(15)10(17)18/h7-8H,2-6H2,1H3,(H,17,18)/t7-,8?/m0/s1. The predicted molar refractivity (Wildman–Crippen MR) is 67.4 cm³/mol. The first-order valence-corrected chi connectivity index (χ1v) is 7.98. The zero-order valence-corrected chi connectivity index (χ0v) is 12.5. The SMILES string of the molecule is CCOC(=O)CC(C(F)(F)F)S(=O)(=O)N1CCC[C@H]1C(=O)O. The van der Waals surface area contributed by atoms with Crippen molar-refractivity contribution in [2.75, 3.05) is 13.2 Å². The van der Waals surface area contributed by atoms with Crippen molar-refractivity contribution >= 4 is 22.0 Å². The molecule has 0 aromatic heterocycles. The van der Waals surface area contributed by atoms with Crippen molar-refractivity contribution < 1.29 is 41.0 Å². The van der Waals surface area contributed by atoms with Crippen LogP contribution in [0.15, 0.2) is 0 Å². The fourth-order valence-corrected chi connectivity index (χ4v) is 4.16. The topological polar surface area (TPSA) is 101 Å². The van der Waals surface area contributed by atoms with Crippen LogP contribution in [0, 0.1) is 0 Å². The lowest BCUT2D eigenvalue weighted by Crippen LogP contribution is -2.50. The van der Waals surface area contributed by atoms with Crippen LogP contribution in [0.5, 0.6) is 0 Å². The van der Waals surface area contributed by atoms with Crippen LogP contribution in [0.25, 0.3) is 0 Å². The zero-order chi connectivity index (χ0) is 17.1. The molecule has 1 rings (SSSR count). The van der Waals surface area contributed by atoms with E-state index >= 15 is 0 Å². The Labute approximate surface area is 125 Å². The van der Waals surface area contributed by atoms with Crippen molar-refractivity contribution in [3.8, 4) is 0 Å². The molecule has 0 spiro atoms. The van der Waals surface area contributed by atoms with Crippen LogP contribution in [0.1, 0.15) is 26.2 Å². The summed E-state index contributed by atoms with van der Waals surface area (Å²) in [6.07, 6.45) is -6.54. The van der Waals surface area contributed by atoms with Crippen LogP contribution in [0.3, 0.4) is 0 Å². The summed E-state index contributed by atoms with van der Waals surface area (Å²) in [7, 11) is -5.04. The number of carboxylic acids is 1. The Bertz CT molecular complexity index is 532. The first-order chi connectivity index (χ1) is 10.0. The lowest BCUT2D eigenvalue weighted by Gasteiger charge is -2.27. The molecule has 1 aliphatic rings. The van der Waals surface area contributed by atoms with Gasteiger partial charge in [-0.3, -0.25) is 9.59 Å². The number of hydrogen-bond acceptors (Lipinski definition) is 5. The van der Waals surface area contributed by atoms with Gasteiger partial charge < -0.3 is 9.84 Å². The summed E-state index contributed by atoms with van der Waals surface area (Å²) >= 11 is 0. The molecule has 0 saturated carbocycles. The van der Waals surface area contributed by atoms with Gasteiger partial charge >= 0.3 is 18.1 Å². The molecule has 11 heteroatoms. The largest absolute Gasteiger partial charge is 0.480 e. The summed E-state index contributed by atoms with van der Waals surface area (Å²) in [4.78, 5) is 22.2. The van der Waals surface area contributed by atoms with E-state index in [1.54, 1.807) is 0 Å². The summed E-state index contributed by atoms with van der Waals surface area (Å²) in [6.45, 7) is 0.857. The number of ether oxygens (including phenoxy) is 1. The zero-order valence-electron chi connectivity index (χ0n) is 11.7. The number of carboxylic acid groups (broad SMARTS) is 1. The smallest absolute Gasteiger partial charge is 0.407 e. The molecule has 0 radical (unpaired) electrons. The van der Waals surface area contributed by atoms with E-state index in [2.05, 4.69) is 4.74 Å². The third kappa shape index (κ3) is 4.09. The molecule has 0 bridgehead atoms. The Morgan fingerprint density at radius 2 is 2.00 bits per heavy atom. The summed E-state index contributed by atoms with van der Waals surface area (Å²) in [5.74, 6) is -2.82. The number of nitrogens with zero attached hydrogens (tertiary/aromatic N) is 1. The molecule has 1 heterocycles. The molecule has 1 saturated heterocycles. The summed E-state index contributed by atoms with van der Waals surface area (Å²) < 4.78 is 68.1. The number of esters is 1. The molecule has 128 valence electrons. The van der Waals surface area contributed by atoms with E-state index in [0.717, 1.165) is 0 Å². The van der Waals surface area contributed by atoms with Crippen LogP contribution in [0.2, 0.25) is 0 Å². The Hall–Kier alpha value is -1.36. The Balaban J connectivity index is 3.11. The van der Waals surface area contributed by atoms with Gasteiger partial charge in [0.2, 0.25) is 10.0 Å². The fourth-order valence-electron chi connectivity index (χ4n) is 2.22. The number of rotatable bonds is 6. The van der Waals surface area contributed by atoms with E-state index < -0.39 is 45.9 Å². The third-order valence-corrected chi connectivity index (χ3v) is 5.44. The van der Waals surface area contributed by atoms with Crippen molar-refractivity contribution in [3.05, 3.63) is 0 Å². The van der Waals surface area contributed by atoms with Crippen molar-refractivity contribution in [1.82, 2.24) is 4.31 Å². The minimum absolute atomic E-state index is 0.0709. The molecule has 22 heavy (non-hydrogen) atoms. The number of carbonyl (C=O) groups is 2. The molecule has 0 aromatic carbocycles. The number of hydrogen-bond donors (Lipinski definition) is 1. The van der Waals surface area contributed by atoms with Crippen LogP contribution in [-0.4, -0.2) is 60.4 Å². The predicted octanol–water partition coefficient (Wildman–Crippen LogP) is 0.749. The van der Waals surface area contributed by atoms with E-state index in [4.69, 9.17) is 5.11 Å². The van der Waals surface area contributed by atoms with E-state index in [1.807, 2.05) is 0 Å². The van der Waals surface area contributed by atoms with Crippen molar-refractivity contribution in [2.24, 2.45) is 0 Å². The van der Waals surface area contributed by atoms with Crippen LogP contribution in [0.4, 0.5) is 13.2 Å². The summed E-state index contributed by atoms with van der Waals surface area (Å²) in [5, 5.41) is 5.90. The van der Waals surface area contributed by atoms with Crippen LogP contribution >= 0.6 is 0 Å². The van der Waals surface area contributed by atoms with Crippen LogP contribution < -0.4 is 0 Å². The summed E-state index contributed by atoms with van der Waals surface area (Å²) in [6, 6.07) is -1.54. The van der Waals surface area contributed by atoms with Crippen molar-refractivity contribution in [1.29, 1.82) is 0 Å². The number of aliphatic carboxylic acids is 1. The quantitative estimate of drug-likeness (QED) is 0.712. The van der Waals surface area contributed by atoms with Gasteiger partial charge in [-0.05, 0) is 19.8 Å². The highest BCUT2D eigenvalue weighted by molar-refractivity contribution is 7.89. The molecule has 1 unspecified atom stereocenters. The molecule has 2 atom stereocenters. The minimum Gasteiger partial charge on any atom is -0.480 e. The van der Waals surface area contributed by atoms with Gasteiger partial charge in [-0.1, -0.05) is 0 Å². The van der Waals surface area contributed by atoms with Gasteiger partial charge in [-0.2, -0.15) is 17.5 Å². The first-order valence-electron chi connectivity index (χ1n) is 6.47. The number of alkyl halides is 3. The second-order valence-electron chi connectivity index (χ2n) is 4.69. The molecular formula is C11H16F3NO6S. The van der Waals surface area contributed by atoms with Gasteiger partial charge in [0.25, 0.3) is 0 Å². The Morgan fingerprint density at radius 1 is 1.41 bits per heavy atom. The fraction of sp³-hybridized carbons (Fsp3) is 0.818. The monoisotopic (exact) mass is 347 g/mol. The molecule has 0 amide bonds. The van der Waals surface area contributed by atoms with Gasteiger partial charge in [0.05, 0.1) is 13.0 Å². The van der Waals surface area contributed by atoms with Gasteiger partial charge in [0.15, 0.2) is 5.25 Å². The van der Waals surface area contributed by atoms with Crippen molar-refractivity contribution in [2.45, 2.75) is 43.7 Å². The summed E-state index contributed by atoms with van der Waals surface area (Å²) in [5.41, 5.74) is 0. The van der Waals surface area contributed by atoms with E-state index in [-0.39, 0.29) is 26.0 Å². The molecule has 0 aromatic rings. The highest BCUT2D eigenvalue weighted by atomic mass is 32.2. The second kappa shape index (κ2) is 6.82. The molecule has 1 fully saturated rings. The molecule has 0 aliphatic carbocycles. The Kier molecular flexibility index (Phi) is 5.79. The van der Waals surface area contributed by atoms with E-state index in [9.17, 15) is 31.2 Å². The molecule has 1 aliphatic heterocycles. The highest BCUT2D eigenvalue weighted by Gasteiger charge is 2.54. The maximum absolute atomic E-state index is 13.0. The van der Waals surface area contributed by atoms with Gasteiger partial charge in [-0.15, -0.1) is 0 Å².